The summed E-state index contributed by atoms with van der Waals surface area (Å²) in [6.45, 7) is 4.73. The van der Waals surface area contributed by atoms with E-state index in [1.807, 2.05) is 79.7 Å². The Balaban J connectivity index is 1.37. The van der Waals surface area contributed by atoms with Gasteiger partial charge in [-0.2, -0.15) is 0 Å². The van der Waals surface area contributed by atoms with Crippen LogP contribution in [-0.2, 0) is 9.47 Å². The van der Waals surface area contributed by atoms with E-state index in [9.17, 15) is 9.59 Å². The summed E-state index contributed by atoms with van der Waals surface area (Å²) in [5.74, 6) is -0.319. The first-order valence-electron chi connectivity index (χ1n) is 17.7. The summed E-state index contributed by atoms with van der Waals surface area (Å²) in [5.41, 5.74) is 9.46. The first kappa shape index (κ1) is 35.9. The minimum absolute atomic E-state index is 0.406. The van der Waals surface area contributed by atoms with Crippen molar-refractivity contribution in [1.82, 2.24) is 19.9 Å². The maximum atomic E-state index is 12.2. The molecule has 4 aromatic carbocycles. The Kier molecular flexibility index (Phi) is 11.6. The number of fused-ring (bicyclic) bond motifs is 2. The van der Waals surface area contributed by atoms with Crippen LogP contribution in [0.2, 0.25) is 0 Å². The fourth-order valence-electron chi connectivity index (χ4n) is 6.07. The van der Waals surface area contributed by atoms with Crippen molar-refractivity contribution < 1.29 is 23.8 Å². The third kappa shape index (κ3) is 8.32. The second kappa shape index (κ2) is 16.8. The number of nitrogens with zero attached hydrogens (tertiary/aromatic N) is 4. The van der Waals surface area contributed by atoms with Crippen molar-refractivity contribution in [3.05, 3.63) is 113 Å². The zero-order valence-corrected chi connectivity index (χ0v) is 30.0. The van der Waals surface area contributed by atoms with Gasteiger partial charge in [-0.1, -0.05) is 75.4 Å². The number of unbranched alkanes of at least 4 members (excludes halogenated alkanes) is 5. The van der Waals surface area contributed by atoms with Crippen molar-refractivity contribution in [3.8, 4) is 28.1 Å². The molecule has 6 aromatic rings. The first-order chi connectivity index (χ1) is 25.4. The highest BCUT2D eigenvalue weighted by Gasteiger charge is 2.16. The van der Waals surface area contributed by atoms with Gasteiger partial charge in [0.25, 0.3) is 0 Å². The number of hydrogen-bond acceptors (Lipinski definition) is 9. The Bertz CT molecular complexity index is 2230. The van der Waals surface area contributed by atoms with Gasteiger partial charge in [-0.25, -0.2) is 29.5 Å². The summed E-state index contributed by atoms with van der Waals surface area (Å²) in [6.07, 6.45) is 10.8. The van der Waals surface area contributed by atoms with Gasteiger partial charge in [-0.3, -0.25) is 0 Å². The molecule has 0 fully saturated rings. The van der Waals surface area contributed by atoms with Crippen LogP contribution in [0.5, 0.6) is 5.88 Å². The molecule has 0 saturated carbocycles. The monoisotopic (exact) mass is 694 g/mol. The lowest BCUT2D eigenvalue weighted by atomic mass is 9.92. The van der Waals surface area contributed by atoms with Crippen LogP contribution in [0.1, 0.15) is 83.2 Å². The highest BCUT2D eigenvalue weighted by atomic mass is 16.5. The van der Waals surface area contributed by atoms with Crippen molar-refractivity contribution in [3.63, 3.8) is 0 Å². The van der Waals surface area contributed by atoms with Gasteiger partial charge in [0, 0.05) is 0 Å². The van der Waals surface area contributed by atoms with Crippen molar-refractivity contribution in [2.45, 2.75) is 52.4 Å². The maximum absolute atomic E-state index is 12.2. The molecular weight excluding hydrogens is 652 g/mol. The van der Waals surface area contributed by atoms with Crippen LogP contribution in [-0.4, -0.2) is 52.7 Å². The van der Waals surface area contributed by atoms with Crippen LogP contribution in [0.15, 0.2) is 84.9 Å². The molecule has 2 heterocycles. The lowest BCUT2D eigenvalue weighted by Crippen LogP contribution is -2.03. The minimum Gasteiger partial charge on any atom is -0.476 e. The van der Waals surface area contributed by atoms with E-state index in [0.717, 1.165) is 51.8 Å². The molecule has 0 amide bonds. The van der Waals surface area contributed by atoms with Gasteiger partial charge in [-0.15, -0.1) is 0 Å². The largest absolute Gasteiger partial charge is 0.476 e. The normalized spacial score (nSPS) is 11.3. The molecule has 0 aliphatic rings. The maximum Gasteiger partial charge on any atom is 0.337 e. The van der Waals surface area contributed by atoms with Gasteiger partial charge >= 0.3 is 11.9 Å². The van der Waals surface area contributed by atoms with E-state index in [1.54, 1.807) is 24.3 Å². The molecule has 0 spiro atoms. The quantitative estimate of drug-likeness (QED) is 0.0812. The van der Waals surface area contributed by atoms with Crippen LogP contribution < -0.4 is 4.74 Å². The van der Waals surface area contributed by atoms with E-state index in [4.69, 9.17) is 34.1 Å². The molecule has 0 aliphatic heterocycles. The zero-order chi connectivity index (χ0) is 36.5. The SMILES string of the molecule is CCCCCCCCOc1nc2ccccc2nc1/C=C/c1nc2cc(-c3ccc(C(=O)OC)cc3)c(-c3ccc(C(=O)OC)cc3)cc2nc1C. The number of hydrogen-bond donors (Lipinski definition) is 0. The Morgan fingerprint density at radius 1 is 0.596 bits per heavy atom. The van der Waals surface area contributed by atoms with E-state index in [-0.39, 0.29) is 0 Å². The number of aromatic nitrogens is 4. The third-order valence-corrected chi connectivity index (χ3v) is 8.95. The van der Waals surface area contributed by atoms with Crippen molar-refractivity contribution in [2.24, 2.45) is 0 Å². The number of ether oxygens (including phenoxy) is 3. The predicted molar refractivity (Wildman–Crippen MR) is 205 cm³/mol. The molecule has 2 aromatic heterocycles. The second-order valence-corrected chi connectivity index (χ2v) is 12.6. The topological polar surface area (TPSA) is 113 Å². The molecule has 6 rings (SSSR count). The summed E-state index contributed by atoms with van der Waals surface area (Å²) in [5, 5.41) is 0. The third-order valence-electron chi connectivity index (χ3n) is 8.95. The summed E-state index contributed by atoms with van der Waals surface area (Å²) in [7, 11) is 2.72. The van der Waals surface area contributed by atoms with Crippen LogP contribution in [0.3, 0.4) is 0 Å². The molecule has 9 heteroatoms. The van der Waals surface area contributed by atoms with Gasteiger partial charge in [0.15, 0.2) is 0 Å². The second-order valence-electron chi connectivity index (χ2n) is 12.6. The number of methoxy groups -OCH3 is 2. The van der Waals surface area contributed by atoms with Crippen molar-refractivity contribution in [2.75, 3.05) is 20.8 Å². The van der Waals surface area contributed by atoms with Gasteiger partial charge in [-0.05, 0) is 96.3 Å². The van der Waals surface area contributed by atoms with E-state index in [1.165, 1.54) is 39.9 Å². The van der Waals surface area contributed by atoms with E-state index in [2.05, 4.69) is 6.92 Å². The summed E-state index contributed by atoms with van der Waals surface area (Å²) in [4.78, 5) is 44.0. The minimum atomic E-state index is -0.409. The Morgan fingerprint density at radius 3 is 1.67 bits per heavy atom. The number of aryl methyl sites for hydroxylation is 1. The standard InChI is InChI=1S/C43H42N4O5/c1-5-6-7-8-9-12-25-52-41-38(46-36-13-10-11-14-37(36)47-41)24-23-35-28(2)44-39-26-33(29-15-19-31(20-16-29)42(48)50-3)34(27-40(39)45-35)30-17-21-32(22-18-30)43(49)51-4/h10-11,13-24,26-27H,5-9,12,25H2,1-4H3/b24-23+. The molecule has 0 atom stereocenters. The Hall–Kier alpha value is -5.96. The smallest absolute Gasteiger partial charge is 0.337 e. The summed E-state index contributed by atoms with van der Waals surface area (Å²) in [6, 6.07) is 26.3. The highest BCUT2D eigenvalue weighted by molar-refractivity contribution is 5.96. The molecule has 0 saturated heterocycles. The fraction of sp³-hybridized carbons (Fsp3) is 0.256. The van der Waals surface area contributed by atoms with Crippen molar-refractivity contribution >= 4 is 46.2 Å². The predicted octanol–water partition coefficient (Wildman–Crippen LogP) is 9.70. The summed E-state index contributed by atoms with van der Waals surface area (Å²) < 4.78 is 16.0. The number of para-hydroxylation sites is 2. The average molecular weight is 695 g/mol. The van der Waals surface area contributed by atoms with Gasteiger partial charge in [0.2, 0.25) is 5.88 Å². The van der Waals surface area contributed by atoms with E-state index < -0.39 is 11.9 Å². The molecule has 9 nitrogen and oxygen atoms in total. The van der Waals surface area contributed by atoms with E-state index in [0.29, 0.717) is 46.0 Å². The first-order valence-corrected chi connectivity index (χ1v) is 17.7. The lowest BCUT2D eigenvalue weighted by molar-refractivity contribution is 0.0592. The lowest BCUT2D eigenvalue weighted by Gasteiger charge is -2.14. The zero-order valence-electron chi connectivity index (χ0n) is 30.0. The number of benzene rings is 4. The number of carbonyl (C=O) groups is 2. The van der Waals surface area contributed by atoms with Crippen LogP contribution >= 0.6 is 0 Å². The summed E-state index contributed by atoms with van der Waals surface area (Å²) >= 11 is 0. The molecule has 0 aliphatic carbocycles. The molecule has 264 valence electrons. The van der Waals surface area contributed by atoms with E-state index >= 15 is 0 Å². The molecule has 0 radical (unpaired) electrons. The molecule has 52 heavy (non-hydrogen) atoms. The number of rotatable bonds is 14. The van der Waals surface area contributed by atoms with Gasteiger partial charge in [0.1, 0.15) is 5.69 Å². The van der Waals surface area contributed by atoms with Gasteiger partial charge in [0.05, 0.1) is 65.4 Å². The number of esters is 2. The van der Waals surface area contributed by atoms with Crippen LogP contribution in [0, 0.1) is 6.92 Å². The highest BCUT2D eigenvalue weighted by Crippen LogP contribution is 2.36. The number of carbonyl (C=O) groups excluding carboxylic acids is 2. The van der Waals surface area contributed by atoms with Gasteiger partial charge < -0.3 is 14.2 Å². The van der Waals surface area contributed by atoms with Crippen LogP contribution in [0.25, 0.3) is 56.5 Å². The molecular formula is C43H42N4O5. The molecule has 0 unspecified atom stereocenters. The van der Waals surface area contributed by atoms with Crippen LogP contribution in [0.4, 0.5) is 0 Å². The fourth-order valence-corrected chi connectivity index (χ4v) is 6.07. The Morgan fingerprint density at radius 2 is 1.10 bits per heavy atom. The molecule has 0 bridgehead atoms. The average Bonchev–Trinajstić information content (AvgIpc) is 3.18. The van der Waals surface area contributed by atoms with Crippen molar-refractivity contribution in [1.29, 1.82) is 0 Å². The Labute approximate surface area is 303 Å². The molecule has 0 N–H and O–H groups in total.